The first kappa shape index (κ1) is 16.3. The Morgan fingerprint density at radius 1 is 1.30 bits per heavy atom. The molecule has 0 saturated heterocycles. The number of aryl methyl sites for hydroxylation is 2. The molecular weight excluding hydrogens is 280 g/mol. The van der Waals surface area contributed by atoms with Crippen LogP contribution in [0.1, 0.15) is 24.5 Å². The van der Waals surface area contributed by atoms with Crippen molar-refractivity contribution in [2.45, 2.75) is 27.2 Å². The summed E-state index contributed by atoms with van der Waals surface area (Å²) in [5, 5.41) is 0. The highest BCUT2D eigenvalue weighted by atomic mass is 32.2. The van der Waals surface area contributed by atoms with E-state index < -0.39 is 16.0 Å². The van der Waals surface area contributed by atoms with Gasteiger partial charge in [0.05, 0.1) is 30.2 Å². The first-order chi connectivity index (χ1) is 9.25. The molecule has 0 aliphatic carbocycles. The average molecular weight is 300 g/mol. The average Bonchev–Trinajstić information content (AvgIpc) is 2.34. The van der Waals surface area contributed by atoms with E-state index in [0.717, 1.165) is 11.1 Å². The van der Waals surface area contributed by atoms with Crippen molar-refractivity contribution in [3.05, 3.63) is 23.3 Å². The van der Waals surface area contributed by atoms with E-state index in [4.69, 9.17) is 10.5 Å². The molecule has 0 aliphatic heterocycles. The summed E-state index contributed by atoms with van der Waals surface area (Å²) in [6, 6.07) is 3.38. The number of nitrogens with one attached hydrogen (secondary N) is 1. The van der Waals surface area contributed by atoms with Gasteiger partial charge in [0, 0.05) is 0 Å². The topological polar surface area (TPSA) is 98.5 Å². The van der Waals surface area contributed by atoms with Crippen molar-refractivity contribution >= 4 is 27.4 Å². The Labute approximate surface area is 119 Å². The molecule has 7 heteroatoms. The highest BCUT2D eigenvalue weighted by Crippen LogP contribution is 2.24. The molecule has 0 spiro atoms. The van der Waals surface area contributed by atoms with E-state index in [1.165, 1.54) is 0 Å². The summed E-state index contributed by atoms with van der Waals surface area (Å²) < 4.78 is 30.8. The van der Waals surface area contributed by atoms with E-state index in [2.05, 4.69) is 4.72 Å². The van der Waals surface area contributed by atoms with E-state index >= 15 is 0 Å². The number of esters is 1. The molecule has 0 radical (unpaired) electrons. The summed E-state index contributed by atoms with van der Waals surface area (Å²) in [4.78, 5) is 11.2. The van der Waals surface area contributed by atoms with Gasteiger partial charge in [0.2, 0.25) is 10.0 Å². The van der Waals surface area contributed by atoms with Crippen LogP contribution < -0.4 is 10.5 Å². The van der Waals surface area contributed by atoms with Gasteiger partial charge in [-0.2, -0.15) is 0 Å². The van der Waals surface area contributed by atoms with Gasteiger partial charge in [0.15, 0.2) is 0 Å². The summed E-state index contributed by atoms with van der Waals surface area (Å²) in [6.07, 6.45) is -0.187. The number of anilines is 2. The molecular formula is C13H20N2O4S. The second kappa shape index (κ2) is 6.60. The summed E-state index contributed by atoms with van der Waals surface area (Å²) in [5.74, 6) is -0.871. The Bertz CT molecular complexity index is 597. The fourth-order valence-corrected chi connectivity index (χ4v) is 2.65. The lowest BCUT2D eigenvalue weighted by Gasteiger charge is -2.12. The molecule has 0 aromatic heterocycles. The summed E-state index contributed by atoms with van der Waals surface area (Å²) in [5.41, 5.74) is 8.38. The number of nitrogen functional groups attached to an aromatic ring is 1. The van der Waals surface area contributed by atoms with Crippen LogP contribution in [0.3, 0.4) is 0 Å². The van der Waals surface area contributed by atoms with Crippen LogP contribution >= 0.6 is 0 Å². The first-order valence-electron chi connectivity index (χ1n) is 6.28. The van der Waals surface area contributed by atoms with Crippen LogP contribution in [0.5, 0.6) is 0 Å². The second-order valence-electron chi connectivity index (χ2n) is 4.50. The molecule has 0 bridgehead atoms. The molecule has 1 aromatic carbocycles. The molecule has 0 heterocycles. The van der Waals surface area contributed by atoms with Crippen molar-refractivity contribution in [2.24, 2.45) is 0 Å². The van der Waals surface area contributed by atoms with Gasteiger partial charge in [-0.3, -0.25) is 9.52 Å². The number of nitrogens with two attached hydrogens (primary N) is 1. The van der Waals surface area contributed by atoms with Crippen molar-refractivity contribution in [1.82, 2.24) is 0 Å². The van der Waals surface area contributed by atoms with Crippen LogP contribution in [0.25, 0.3) is 0 Å². The number of hydrogen-bond donors (Lipinski definition) is 2. The van der Waals surface area contributed by atoms with Crippen LogP contribution in [0.4, 0.5) is 11.4 Å². The maximum atomic E-state index is 11.9. The van der Waals surface area contributed by atoms with E-state index in [-0.39, 0.29) is 18.8 Å². The highest BCUT2D eigenvalue weighted by Gasteiger charge is 2.15. The van der Waals surface area contributed by atoms with Crippen LogP contribution in [0.15, 0.2) is 12.1 Å². The van der Waals surface area contributed by atoms with Gasteiger partial charge in [0.1, 0.15) is 0 Å². The number of benzene rings is 1. The van der Waals surface area contributed by atoms with Crippen molar-refractivity contribution in [2.75, 3.05) is 22.8 Å². The minimum Gasteiger partial charge on any atom is -0.466 e. The van der Waals surface area contributed by atoms with Crippen molar-refractivity contribution < 1.29 is 17.9 Å². The molecule has 3 N–H and O–H groups in total. The quantitative estimate of drug-likeness (QED) is 0.614. The lowest BCUT2D eigenvalue weighted by Crippen LogP contribution is -2.20. The van der Waals surface area contributed by atoms with Crippen molar-refractivity contribution in [3.63, 3.8) is 0 Å². The van der Waals surface area contributed by atoms with Gasteiger partial charge in [-0.05, 0) is 44.0 Å². The van der Waals surface area contributed by atoms with Gasteiger partial charge in [0.25, 0.3) is 0 Å². The van der Waals surface area contributed by atoms with E-state index in [9.17, 15) is 13.2 Å². The van der Waals surface area contributed by atoms with Gasteiger partial charge >= 0.3 is 5.97 Å². The summed E-state index contributed by atoms with van der Waals surface area (Å²) in [6.45, 7) is 5.66. The number of hydrogen-bond acceptors (Lipinski definition) is 5. The normalized spacial score (nSPS) is 11.2. The third kappa shape index (κ3) is 4.73. The molecule has 20 heavy (non-hydrogen) atoms. The SMILES string of the molecule is CCOC(=O)CCS(=O)(=O)Nc1cc(C)c(C)cc1N. The van der Waals surface area contributed by atoms with E-state index in [1.54, 1.807) is 19.1 Å². The van der Waals surface area contributed by atoms with Crippen LogP contribution in [0, 0.1) is 13.8 Å². The molecule has 0 fully saturated rings. The lowest BCUT2D eigenvalue weighted by molar-refractivity contribution is -0.142. The number of sulfonamides is 1. The third-order valence-electron chi connectivity index (χ3n) is 2.81. The second-order valence-corrected chi connectivity index (χ2v) is 6.34. The predicted molar refractivity (Wildman–Crippen MR) is 79.0 cm³/mol. The third-order valence-corrected chi connectivity index (χ3v) is 4.08. The first-order valence-corrected chi connectivity index (χ1v) is 7.93. The molecule has 0 unspecified atom stereocenters. The Hall–Kier alpha value is -1.76. The molecule has 0 saturated carbocycles. The number of ether oxygens (including phenoxy) is 1. The van der Waals surface area contributed by atoms with Gasteiger partial charge in [-0.1, -0.05) is 0 Å². The minimum atomic E-state index is -3.63. The van der Waals surface area contributed by atoms with Gasteiger partial charge < -0.3 is 10.5 Å². The van der Waals surface area contributed by atoms with Gasteiger partial charge in [-0.25, -0.2) is 8.42 Å². The maximum absolute atomic E-state index is 11.9. The molecule has 0 aliphatic rings. The summed E-state index contributed by atoms with van der Waals surface area (Å²) >= 11 is 0. The largest absolute Gasteiger partial charge is 0.466 e. The fourth-order valence-electron chi connectivity index (χ4n) is 1.60. The number of carbonyl (C=O) groups excluding carboxylic acids is 1. The Morgan fingerprint density at radius 3 is 2.50 bits per heavy atom. The molecule has 1 aromatic rings. The zero-order valence-corrected chi connectivity index (χ0v) is 12.7. The van der Waals surface area contributed by atoms with Crippen molar-refractivity contribution in [3.8, 4) is 0 Å². The standard InChI is InChI=1S/C13H20N2O4S/c1-4-19-13(16)5-6-20(17,18)15-12-8-10(3)9(2)7-11(12)14/h7-8,15H,4-6,14H2,1-3H3. The molecule has 6 nitrogen and oxygen atoms in total. The van der Waals surface area contributed by atoms with E-state index in [0.29, 0.717) is 11.4 Å². The maximum Gasteiger partial charge on any atom is 0.306 e. The molecule has 1 rings (SSSR count). The summed E-state index contributed by atoms with van der Waals surface area (Å²) in [7, 11) is -3.63. The predicted octanol–water partition coefficient (Wildman–Crippen LogP) is 1.58. The monoisotopic (exact) mass is 300 g/mol. The number of rotatable bonds is 6. The zero-order valence-electron chi connectivity index (χ0n) is 11.9. The zero-order chi connectivity index (χ0) is 15.3. The van der Waals surface area contributed by atoms with Crippen LogP contribution in [-0.2, 0) is 19.6 Å². The van der Waals surface area contributed by atoms with Gasteiger partial charge in [-0.15, -0.1) is 0 Å². The smallest absolute Gasteiger partial charge is 0.306 e. The molecule has 0 amide bonds. The number of carbonyl (C=O) groups is 1. The Morgan fingerprint density at radius 2 is 1.90 bits per heavy atom. The lowest BCUT2D eigenvalue weighted by atomic mass is 10.1. The van der Waals surface area contributed by atoms with E-state index in [1.807, 2.05) is 13.8 Å². The Kier molecular flexibility index (Phi) is 5.38. The molecule has 0 atom stereocenters. The minimum absolute atomic E-state index is 0.187. The highest BCUT2D eigenvalue weighted by molar-refractivity contribution is 7.92. The fraction of sp³-hybridized carbons (Fsp3) is 0.462. The van der Waals surface area contributed by atoms with Crippen molar-refractivity contribution in [1.29, 1.82) is 0 Å². The molecule has 112 valence electrons. The Balaban J connectivity index is 2.76. The van der Waals surface area contributed by atoms with Crippen LogP contribution in [-0.4, -0.2) is 26.7 Å². The van der Waals surface area contributed by atoms with Crippen LogP contribution in [0.2, 0.25) is 0 Å².